The molecule has 21 heavy (non-hydrogen) atoms. The zero-order valence-corrected chi connectivity index (χ0v) is 12.4. The lowest BCUT2D eigenvalue weighted by molar-refractivity contribution is -0.118. The summed E-state index contributed by atoms with van der Waals surface area (Å²) in [5.41, 5.74) is 1.14. The van der Waals surface area contributed by atoms with E-state index in [-0.39, 0.29) is 17.9 Å². The smallest absolute Gasteiger partial charge is 0.247 e. The molecule has 0 bridgehead atoms. The summed E-state index contributed by atoms with van der Waals surface area (Å²) in [6.07, 6.45) is 3.51. The lowest BCUT2D eigenvalue weighted by Gasteiger charge is -2.17. The maximum Gasteiger partial charge on any atom is 0.247 e. The molecule has 0 fully saturated rings. The molecule has 1 unspecified atom stereocenters. The third-order valence-corrected chi connectivity index (χ3v) is 3.27. The van der Waals surface area contributed by atoms with Crippen molar-refractivity contribution in [2.24, 2.45) is 0 Å². The van der Waals surface area contributed by atoms with Gasteiger partial charge in [0.2, 0.25) is 5.91 Å². The molecule has 5 nitrogen and oxygen atoms in total. The van der Waals surface area contributed by atoms with Gasteiger partial charge < -0.3 is 9.88 Å². The molecule has 1 aromatic heterocycles. The van der Waals surface area contributed by atoms with Crippen molar-refractivity contribution in [1.29, 1.82) is 5.26 Å². The minimum Gasteiger partial charge on any atom is -0.324 e. The van der Waals surface area contributed by atoms with Crippen molar-refractivity contribution in [3.05, 3.63) is 48.0 Å². The summed E-state index contributed by atoms with van der Waals surface area (Å²) in [4.78, 5) is 16.6. The van der Waals surface area contributed by atoms with Crippen molar-refractivity contribution >= 4 is 11.6 Å². The fraction of sp³-hybridized carbons (Fsp3) is 0.312. The number of imidazole rings is 1. The summed E-state index contributed by atoms with van der Waals surface area (Å²) in [7, 11) is 0. The van der Waals surface area contributed by atoms with Crippen LogP contribution in [0.25, 0.3) is 0 Å². The zero-order valence-electron chi connectivity index (χ0n) is 12.4. The number of hydrogen-bond acceptors (Lipinski definition) is 3. The first-order chi connectivity index (χ1) is 10.0. The normalized spacial score (nSPS) is 12.0. The molecule has 0 radical (unpaired) electrons. The van der Waals surface area contributed by atoms with Gasteiger partial charge in [-0.3, -0.25) is 4.79 Å². The zero-order chi connectivity index (χ0) is 15.4. The van der Waals surface area contributed by atoms with E-state index in [1.807, 2.05) is 31.5 Å². The van der Waals surface area contributed by atoms with Crippen LogP contribution in [-0.4, -0.2) is 15.5 Å². The number of anilines is 1. The van der Waals surface area contributed by atoms with Crippen LogP contribution in [-0.2, 0) is 4.79 Å². The lowest BCUT2D eigenvalue weighted by Crippen LogP contribution is -2.25. The highest BCUT2D eigenvalue weighted by atomic mass is 16.2. The van der Waals surface area contributed by atoms with Crippen LogP contribution in [0.15, 0.2) is 36.7 Å². The number of amides is 1. The van der Waals surface area contributed by atoms with E-state index in [4.69, 9.17) is 5.26 Å². The highest BCUT2D eigenvalue weighted by Gasteiger charge is 2.19. The van der Waals surface area contributed by atoms with Crippen LogP contribution in [0, 0.1) is 11.3 Å². The lowest BCUT2D eigenvalue weighted by atomic mass is 10.2. The van der Waals surface area contributed by atoms with Crippen molar-refractivity contribution in [3.8, 4) is 6.07 Å². The molecule has 1 heterocycles. The molecule has 0 spiro atoms. The van der Waals surface area contributed by atoms with E-state index in [0.717, 1.165) is 5.82 Å². The number of hydrogen-bond donors (Lipinski definition) is 1. The van der Waals surface area contributed by atoms with Gasteiger partial charge in [0.1, 0.15) is 11.9 Å². The Morgan fingerprint density at radius 2 is 2.14 bits per heavy atom. The maximum atomic E-state index is 12.3. The fourth-order valence-electron chi connectivity index (χ4n) is 2.14. The average Bonchev–Trinajstić information content (AvgIpc) is 2.96. The Hall–Kier alpha value is -2.61. The number of carbonyl (C=O) groups is 1. The summed E-state index contributed by atoms with van der Waals surface area (Å²) in [5, 5.41) is 11.7. The number of nitrogens with one attached hydrogen (secondary N) is 1. The van der Waals surface area contributed by atoms with Gasteiger partial charge in [-0.15, -0.1) is 0 Å². The summed E-state index contributed by atoms with van der Waals surface area (Å²) in [6, 6.07) is 8.56. The van der Waals surface area contributed by atoms with Crippen LogP contribution in [0.2, 0.25) is 0 Å². The van der Waals surface area contributed by atoms with Crippen LogP contribution in [0.1, 0.15) is 44.1 Å². The summed E-state index contributed by atoms with van der Waals surface area (Å²) < 4.78 is 1.87. The van der Waals surface area contributed by atoms with Gasteiger partial charge in [-0.25, -0.2) is 4.98 Å². The first kappa shape index (κ1) is 14.8. The number of rotatable bonds is 4. The Kier molecular flexibility index (Phi) is 4.39. The van der Waals surface area contributed by atoms with E-state index < -0.39 is 0 Å². The Balaban J connectivity index is 2.16. The first-order valence-corrected chi connectivity index (χ1v) is 6.86. The van der Waals surface area contributed by atoms with Gasteiger partial charge >= 0.3 is 0 Å². The standard InChI is InChI=1S/C16H18N4O/c1-11(2)15-18-7-8-20(15)12(3)16(21)19-14-6-4-5-13(9-14)10-17/h4-9,11-12H,1-3H3,(H,19,21). The largest absolute Gasteiger partial charge is 0.324 e. The average molecular weight is 282 g/mol. The molecular weight excluding hydrogens is 264 g/mol. The van der Waals surface area contributed by atoms with Gasteiger partial charge in [-0.1, -0.05) is 19.9 Å². The summed E-state index contributed by atoms with van der Waals surface area (Å²) in [5.74, 6) is 0.991. The molecule has 0 aliphatic carbocycles. The number of nitrogens with zero attached hydrogens (tertiary/aromatic N) is 3. The van der Waals surface area contributed by atoms with Crippen LogP contribution in [0.4, 0.5) is 5.69 Å². The van der Waals surface area contributed by atoms with Gasteiger partial charge in [-0.2, -0.15) is 5.26 Å². The molecule has 1 atom stereocenters. The van der Waals surface area contributed by atoms with E-state index in [0.29, 0.717) is 11.3 Å². The third kappa shape index (κ3) is 3.29. The Bertz CT molecular complexity index is 682. The van der Waals surface area contributed by atoms with Crippen molar-refractivity contribution < 1.29 is 4.79 Å². The van der Waals surface area contributed by atoms with Crippen molar-refractivity contribution in [2.45, 2.75) is 32.7 Å². The summed E-state index contributed by atoms with van der Waals surface area (Å²) >= 11 is 0. The Morgan fingerprint density at radius 1 is 1.38 bits per heavy atom. The van der Waals surface area contributed by atoms with Gasteiger partial charge in [-0.05, 0) is 25.1 Å². The van der Waals surface area contributed by atoms with E-state index in [1.54, 1.807) is 30.5 Å². The van der Waals surface area contributed by atoms with E-state index in [2.05, 4.69) is 16.4 Å². The summed E-state index contributed by atoms with van der Waals surface area (Å²) in [6.45, 7) is 5.91. The highest BCUT2D eigenvalue weighted by Crippen LogP contribution is 2.19. The fourth-order valence-corrected chi connectivity index (χ4v) is 2.14. The number of nitriles is 1. The number of carbonyl (C=O) groups excluding carboxylic acids is 1. The van der Waals surface area contributed by atoms with Crippen molar-refractivity contribution in [3.63, 3.8) is 0 Å². The topological polar surface area (TPSA) is 70.7 Å². The molecule has 2 aromatic rings. The molecule has 1 N–H and O–H groups in total. The monoisotopic (exact) mass is 282 g/mol. The molecule has 2 rings (SSSR count). The molecule has 1 aromatic carbocycles. The molecule has 0 aliphatic heterocycles. The van der Waals surface area contributed by atoms with Crippen LogP contribution in [0.5, 0.6) is 0 Å². The van der Waals surface area contributed by atoms with Crippen molar-refractivity contribution in [2.75, 3.05) is 5.32 Å². The Morgan fingerprint density at radius 3 is 2.81 bits per heavy atom. The maximum absolute atomic E-state index is 12.3. The SMILES string of the molecule is CC(C)c1nccn1C(C)C(=O)Nc1cccc(C#N)c1. The minimum absolute atomic E-state index is 0.134. The number of benzene rings is 1. The van der Waals surface area contributed by atoms with Crippen molar-refractivity contribution in [1.82, 2.24) is 9.55 Å². The van der Waals surface area contributed by atoms with Crippen LogP contribution in [0.3, 0.4) is 0 Å². The van der Waals surface area contributed by atoms with Gasteiger partial charge in [0.15, 0.2) is 0 Å². The highest BCUT2D eigenvalue weighted by molar-refractivity contribution is 5.93. The molecule has 0 aliphatic rings. The number of aromatic nitrogens is 2. The second kappa shape index (κ2) is 6.23. The minimum atomic E-state index is -0.365. The van der Waals surface area contributed by atoms with E-state index >= 15 is 0 Å². The third-order valence-electron chi connectivity index (χ3n) is 3.27. The molecule has 0 saturated carbocycles. The Labute approximate surface area is 124 Å². The predicted molar refractivity (Wildman–Crippen MR) is 80.8 cm³/mol. The second-order valence-corrected chi connectivity index (χ2v) is 5.21. The van der Waals surface area contributed by atoms with E-state index in [1.165, 1.54) is 0 Å². The molecule has 108 valence electrons. The van der Waals surface area contributed by atoms with Gasteiger partial charge in [0, 0.05) is 24.0 Å². The molecule has 0 saturated heterocycles. The second-order valence-electron chi connectivity index (χ2n) is 5.21. The first-order valence-electron chi connectivity index (χ1n) is 6.86. The molecule has 5 heteroatoms. The van der Waals surface area contributed by atoms with Crippen LogP contribution < -0.4 is 5.32 Å². The quantitative estimate of drug-likeness (QED) is 0.936. The van der Waals surface area contributed by atoms with Gasteiger partial charge in [0.25, 0.3) is 0 Å². The van der Waals surface area contributed by atoms with E-state index in [9.17, 15) is 4.79 Å². The van der Waals surface area contributed by atoms with Gasteiger partial charge in [0.05, 0.1) is 11.6 Å². The predicted octanol–water partition coefficient (Wildman–Crippen LogP) is 3.08. The molecular formula is C16H18N4O. The van der Waals surface area contributed by atoms with Crippen LogP contribution >= 0.6 is 0 Å². The molecule has 1 amide bonds.